The molecule has 1 saturated carbocycles. The van der Waals surface area contributed by atoms with Crippen LogP contribution in [0.15, 0.2) is 18.5 Å². The summed E-state index contributed by atoms with van der Waals surface area (Å²) in [5.41, 5.74) is -0.447. The SMILES string of the molecule is C[C@@H](OC(=O)C1(C)CCCC1)C(=O)Nc1ncccn1. The summed E-state index contributed by atoms with van der Waals surface area (Å²) in [6.45, 7) is 3.45. The molecule has 1 aromatic heterocycles. The van der Waals surface area contributed by atoms with Crippen molar-refractivity contribution in [1.82, 2.24) is 9.97 Å². The second-order valence-electron chi connectivity index (χ2n) is 5.38. The number of rotatable bonds is 4. The molecule has 1 aliphatic rings. The van der Waals surface area contributed by atoms with Crippen LogP contribution in [0.4, 0.5) is 5.95 Å². The molecule has 1 heterocycles. The summed E-state index contributed by atoms with van der Waals surface area (Å²) in [6.07, 6.45) is 5.90. The smallest absolute Gasteiger partial charge is 0.312 e. The molecule has 1 N–H and O–H groups in total. The first kappa shape index (κ1) is 14.4. The Morgan fingerprint density at radius 3 is 2.50 bits per heavy atom. The topological polar surface area (TPSA) is 81.2 Å². The van der Waals surface area contributed by atoms with Crippen molar-refractivity contribution in [1.29, 1.82) is 0 Å². The molecular formula is C14H19N3O3. The number of carbonyl (C=O) groups is 2. The van der Waals surface area contributed by atoms with Gasteiger partial charge in [0.15, 0.2) is 6.10 Å². The highest BCUT2D eigenvalue weighted by molar-refractivity contribution is 5.94. The average Bonchev–Trinajstić information content (AvgIpc) is 2.88. The quantitative estimate of drug-likeness (QED) is 0.850. The van der Waals surface area contributed by atoms with Gasteiger partial charge in [0.05, 0.1) is 5.41 Å². The second-order valence-corrected chi connectivity index (χ2v) is 5.38. The third-order valence-corrected chi connectivity index (χ3v) is 3.65. The molecule has 0 aromatic carbocycles. The molecule has 0 unspecified atom stereocenters. The lowest BCUT2D eigenvalue weighted by Crippen LogP contribution is -2.35. The van der Waals surface area contributed by atoms with E-state index in [1.807, 2.05) is 6.92 Å². The van der Waals surface area contributed by atoms with Gasteiger partial charge in [0.1, 0.15) is 0 Å². The maximum Gasteiger partial charge on any atom is 0.312 e. The van der Waals surface area contributed by atoms with Gasteiger partial charge < -0.3 is 4.74 Å². The van der Waals surface area contributed by atoms with Gasteiger partial charge in [-0.1, -0.05) is 12.8 Å². The Labute approximate surface area is 118 Å². The van der Waals surface area contributed by atoms with Crippen LogP contribution in [-0.4, -0.2) is 27.9 Å². The second kappa shape index (κ2) is 5.98. The van der Waals surface area contributed by atoms with Crippen molar-refractivity contribution in [2.75, 3.05) is 5.32 Å². The minimum Gasteiger partial charge on any atom is -0.452 e. The molecule has 1 atom stereocenters. The molecule has 0 bridgehead atoms. The first-order valence-electron chi connectivity index (χ1n) is 6.80. The van der Waals surface area contributed by atoms with Crippen LogP contribution < -0.4 is 5.32 Å². The minimum absolute atomic E-state index is 0.201. The number of anilines is 1. The number of nitrogens with one attached hydrogen (secondary N) is 1. The molecule has 0 spiro atoms. The average molecular weight is 277 g/mol. The predicted octanol–water partition coefficient (Wildman–Crippen LogP) is 1.93. The number of hydrogen-bond acceptors (Lipinski definition) is 5. The summed E-state index contributed by atoms with van der Waals surface area (Å²) in [7, 11) is 0. The van der Waals surface area contributed by atoms with Crippen molar-refractivity contribution in [2.45, 2.75) is 45.6 Å². The van der Waals surface area contributed by atoms with E-state index in [1.54, 1.807) is 13.0 Å². The van der Waals surface area contributed by atoms with Crippen molar-refractivity contribution in [3.8, 4) is 0 Å². The highest BCUT2D eigenvalue weighted by atomic mass is 16.5. The molecule has 20 heavy (non-hydrogen) atoms. The van der Waals surface area contributed by atoms with Crippen molar-refractivity contribution in [3.05, 3.63) is 18.5 Å². The lowest BCUT2D eigenvalue weighted by molar-refractivity contribution is -0.162. The molecule has 108 valence electrons. The van der Waals surface area contributed by atoms with Crippen LogP contribution in [0.5, 0.6) is 0 Å². The van der Waals surface area contributed by atoms with E-state index in [4.69, 9.17) is 4.74 Å². The summed E-state index contributed by atoms with van der Waals surface area (Å²) in [5, 5.41) is 2.51. The van der Waals surface area contributed by atoms with E-state index in [2.05, 4.69) is 15.3 Å². The Balaban J connectivity index is 1.89. The predicted molar refractivity (Wildman–Crippen MR) is 72.8 cm³/mol. The molecule has 0 aliphatic heterocycles. The lowest BCUT2D eigenvalue weighted by Gasteiger charge is -2.23. The van der Waals surface area contributed by atoms with Crippen molar-refractivity contribution < 1.29 is 14.3 Å². The van der Waals surface area contributed by atoms with Crippen molar-refractivity contribution in [2.24, 2.45) is 5.41 Å². The van der Waals surface area contributed by atoms with Gasteiger partial charge in [-0.2, -0.15) is 0 Å². The molecule has 1 fully saturated rings. The van der Waals surface area contributed by atoms with Gasteiger partial charge in [0.2, 0.25) is 5.95 Å². The molecular weight excluding hydrogens is 258 g/mol. The molecule has 6 heteroatoms. The van der Waals surface area contributed by atoms with Crippen LogP contribution in [0.25, 0.3) is 0 Å². The molecule has 0 radical (unpaired) electrons. The number of carbonyl (C=O) groups excluding carboxylic acids is 2. The normalized spacial score (nSPS) is 18.3. The molecule has 6 nitrogen and oxygen atoms in total. The third-order valence-electron chi connectivity index (χ3n) is 3.65. The van der Waals surface area contributed by atoms with E-state index in [9.17, 15) is 9.59 Å². The van der Waals surface area contributed by atoms with Gasteiger partial charge in [-0.3, -0.25) is 14.9 Å². The van der Waals surface area contributed by atoms with E-state index in [1.165, 1.54) is 12.4 Å². The highest BCUT2D eigenvalue weighted by Crippen LogP contribution is 2.38. The van der Waals surface area contributed by atoms with Gasteiger partial charge in [-0.15, -0.1) is 0 Å². The maximum atomic E-state index is 12.1. The molecule has 1 aromatic rings. The monoisotopic (exact) mass is 277 g/mol. The number of ether oxygens (including phenoxy) is 1. The van der Waals surface area contributed by atoms with E-state index in [-0.39, 0.29) is 11.9 Å². The Kier molecular flexibility index (Phi) is 4.32. The Morgan fingerprint density at radius 2 is 1.90 bits per heavy atom. The standard InChI is InChI=1S/C14H19N3O3/c1-10(11(18)17-13-15-8-5-9-16-13)20-12(19)14(2)6-3-4-7-14/h5,8-10H,3-4,6-7H2,1-2H3,(H,15,16,17,18)/t10-/m1/s1. The summed E-state index contributed by atoms with van der Waals surface area (Å²) >= 11 is 0. The van der Waals surface area contributed by atoms with Crippen molar-refractivity contribution >= 4 is 17.8 Å². The van der Waals surface area contributed by atoms with Crippen LogP contribution in [0.3, 0.4) is 0 Å². The van der Waals surface area contributed by atoms with E-state index in [0.717, 1.165) is 25.7 Å². The molecule has 1 aliphatic carbocycles. The third kappa shape index (κ3) is 3.31. The lowest BCUT2D eigenvalue weighted by atomic mass is 9.89. The number of amides is 1. The molecule has 2 rings (SSSR count). The number of esters is 1. The van der Waals surface area contributed by atoms with Gasteiger partial charge >= 0.3 is 5.97 Å². The summed E-state index contributed by atoms with van der Waals surface area (Å²) in [4.78, 5) is 31.8. The first-order chi connectivity index (χ1) is 9.51. The zero-order chi connectivity index (χ0) is 14.6. The van der Waals surface area contributed by atoms with Crippen LogP contribution in [-0.2, 0) is 14.3 Å². The number of aromatic nitrogens is 2. The molecule has 1 amide bonds. The fraction of sp³-hybridized carbons (Fsp3) is 0.571. The van der Waals surface area contributed by atoms with E-state index >= 15 is 0 Å². The summed E-state index contributed by atoms with van der Waals surface area (Å²) < 4.78 is 5.26. The number of hydrogen-bond donors (Lipinski definition) is 1. The summed E-state index contributed by atoms with van der Waals surface area (Å²) in [6, 6.07) is 1.65. The van der Waals surface area contributed by atoms with Gasteiger partial charge in [-0.05, 0) is 32.8 Å². The largest absolute Gasteiger partial charge is 0.452 e. The zero-order valence-electron chi connectivity index (χ0n) is 11.8. The molecule has 0 saturated heterocycles. The van der Waals surface area contributed by atoms with Crippen LogP contribution in [0.1, 0.15) is 39.5 Å². The first-order valence-corrected chi connectivity index (χ1v) is 6.80. The highest BCUT2D eigenvalue weighted by Gasteiger charge is 2.39. The van der Waals surface area contributed by atoms with Gasteiger partial charge in [-0.25, -0.2) is 9.97 Å². The van der Waals surface area contributed by atoms with E-state index in [0.29, 0.717) is 0 Å². The Hall–Kier alpha value is -1.98. The van der Waals surface area contributed by atoms with Crippen LogP contribution in [0.2, 0.25) is 0 Å². The zero-order valence-corrected chi connectivity index (χ0v) is 11.8. The van der Waals surface area contributed by atoms with Crippen LogP contribution >= 0.6 is 0 Å². The maximum absolute atomic E-state index is 12.1. The fourth-order valence-corrected chi connectivity index (χ4v) is 2.29. The Bertz CT molecular complexity index is 484. The Morgan fingerprint density at radius 1 is 1.30 bits per heavy atom. The summed E-state index contributed by atoms with van der Waals surface area (Å²) in [5.74, 6) is -0.523. The van der Waals surface area contributed by atoms with E-state index < -0.39 is 17.4 Å². The van der Waals surface area contributed by atoms with Crippen LogP contribution in [0, 0.1) is 5.41 Å². The van der Waals surface area contributed by atoms with Crippen molar-refractivity contribution in [3.63, 3.8) is 0 Å². The number of nitrogens with zero attached hydrogens (tertiary/aromatic N) is 2. The fourth-order valence-electron chi connectivity index (χ4n) is 2.29. The minimum atomic E-state index is -0.858. The van der Waals surface area contributed by atoms with Gasteiger partial charge in [0.25, 0.3) is 5.91 Å². The van der Waals surface area contributed by atoms with Gasteiger partial charge in [0, 0.05) is 12.4 Å².